The van der Waals surface area contributed by atoms with Crippen LogP contribution in [0.5, 0.6) is 11.5 Å². The molecule has 0 unspecified atom stereocenters. The van der Waals surface area contributed by atoms with E-state index in [-0.39, 0.29) is 5.75 Å². The highest BCUT2D eigenvalue weighted by molar-refractivity contribution is 9.10. The third-order valence-corrected chi connectivity index (χ3v) is 2.15. The molecule has 1 N–H and O–H groups in total. The van der Waals surface area contributed by atoms with Gasteiger partial charge in [-0.2, -0.15) is 0 Å². The summed E-state index contributed by atoms with van der Waals surface area (Å²) in [6.07, 6.45) is 0.843. The van der Waals surface area contributed by atoms with Crippen molar-refractivity contribution >= 4 is 15.9 Å². The van der Waals surface area contributed by atoms with Gasteiger partial charge >= 0.3 is 0 Å². The molecule has 0 saturated carbocycles. The lowest BCUT2D eigenvalue weighted by atomic mass is 10.1. The normalized spacial score (nSPS) is 9.92. The number of aromatic hydroxyl groups is 1. The lowest BCUT2D eigenvalue weighted by molar-refractivity contribution is 0.369. The van der Waals surface area contributed by atoms with Gasteiger partial charge in [-0.25, -0.2) is 0 Å². The molecule has 0 bridgehead atoms. The molecule has 1 aromatic rings. The smallest absolute Gasteiger partial charge is 0.163 e. The second kappa shape index (κ2) is 3.81. The number of hydrogen-bond acceptors (Lipinski definition) is 2. The number of benzene rings is 1. The maximum Gasteiger partial charge on any atom is 0.163 e. The van der Waals surface area contributed by atoms with Crippen LogP contribution in [0.4, 0.5) is 0 Å². The summed E-state index contributed by atoms with van der Waals surface area (Å²) in [5.41, 5.74) is 1.00. The molecule has 0 saturated heterocycles. The Balaban J connectivity index is 3.24. The van der Waals surface area contributed by atoms with Gasteiger partial charge < -0.3 is 9.84 Å². The van der Waals surface area contributed by atoms with E-state index in [1.54, 1.807) is 13.2 Å². The molecule has 0 radical (unpaired) electrons. The molecule has 1 rings (SSSR count). The standard InChI is InChI=1S/C9H11BrO2/c1-3-6-4-7(10)5-8(11)9(6)12-2/h4-5,11H,3H2,1-2H3. The van der Waals surface area contributed by atoms with E-state index >= 15 is 0 Å². The zero-order valence-electron chi connectivity index (χ0n) is 7.10. The van der Waals surface area contributed by atoms with Gasteiger partial charge in [-0.05, 0) is 24.1 Å². The van der Waals surface area contributed by atoms with Crippen molar-refractivity contribution < 1.29 is 9.84 Å². The zero-order chi connectivity index (χ0) is 9.14. The third kappa shape index (κ3) is 1.72. The van der Waals surface area contributed by atoms with E-state index in [2.05, 4.69) is 15.9 Å². The fourth-order valence-electron chi connectivity index (χ4n) is 1.13. The predicted molar refractivity (Wildman–Crippen MR) is 51.7 cm³/mol. The van der Waals surface area contributed by atoms with Crippen LogP contribution in [-0.4, -0.2) is 12.2 Å². The number of ether oxygens (including phenoxy) is 1. The number of methoxy groups -OCH3 is 1. The quantitative estimate of drug-likeness (QED) is 0.847. The van der Waals surface area contributed by atoms with Crippen molar-refractivity contribution in [3.63, 3.8) is 0 Å². The van der Waals surface area contributed by atoms with Crippen LogP contribution in [0.2, 0.25) is 0 Å². The van der Waals surface area contributed by atoms with Crippen molar-refractivity contribution in [3.05, 3.63) is 22.2 Å². The molecule has 0 aromatic heterocycles. The average Bonchev–Trinajstić information content (AvgIpc) is 2.03. The Morgan fingerprint density at radius 1 is 1.50 bits per heavy atom. The van der Waals surface area contributed by atoms with E-state index in [1.807, 2.05) is 13.0 Å². The first-order chi connectivity index (χ1) is 5.69. The van der Waals surface area contributed by atoms with Gasteiger partial charge in [0.25, 0.3) is 0 Å². The lowest BCUT2D eigenvalue weighted by Gasteiger charge is -2.08. The number of aryl methyl sites for hydroxylation is 1. The molecular weight excluding hydrogens is 220 g/mol. The topological polar surface area (TPSA) is 29.5 Å². The second-order valence-electron chi connectivity index (χ2n) is 2.47. The fraction of sp³-hybridized carbons (Fsp3) is 0.333. The van der Waals surface area contributed by atoms with Gasteiger partial charge in [0.15, 0.2) is 11.5 Å². The largest absolute Gasteiger partial charge is 0.504 e. The molecule has 0 fully saturated rings. The van der Waals surface area contributed by atoms with Crippen molar-refractivity contribution in [2.45, 2.75) is 13.3 Å². The molecule has 3 heteroatoms. The molecule has 12 heavy (non-hydrogen) atoms. The minimum Gasteiger partial charge on any atom is -0.504 e. The summed E-state index contributed by atoms with van der Waals surface area (Å²) in [4.78, 5) is 0. The maximum atomic E-state index is 9.45. The Kier molecular flexibility index (Phi) is 2.98. The number of phenolic OH excluding ortho intramolecular Hbond substituents is 1. The van der Waals surface area contributed by atoms with E-state index in [4.69, 9.17) is 4.74 Å². The molecule has 0 atom stereocenters. The van der Waals surface area contributed by atoms with Crippen LogP contribution in [0.3, 0.4) is 0 Å². The summed E-state index contributed by atoms with van der Waals surface area (Å²) in [5.74, 6) is 0.754. The van der Waals surface area contributed by atoms with Gasteiger partial charge in [-0.3, -0.25) is 0 Å². The Morgan fingerprint density at radius 3 is 2.67 bits per heavy atom. The van der Waals surface area contributed by atoms with E-state index < -0.39 is 0 Å². The molecule has 0 aliphatic heterocycles. The Morgan fingerprint density at radius 2 is 2.17 bits per heavy atom. The van der Waals surface area contributed by atoms with E-state index in [0.29, 0.717) is 5.75 Å². The highest BCUT2D eigenvalue weighted by Crippen LogP contribution is 2.33. The van der Waals surface area contributed by atoms with Crippen LogP contribution in [0, 0.1) is 0 Å². The van der Waals surface area contributed by atoms with Crippen molar-refractivity contribution in [1.29, 1.82) is 0 Å². The van der Waals surface area contributed by atoms with Gasteiger partial charge in [-0.1, -0.05) is 22.9 Å². The van der Waals surface area contributed by atoms with Crippen molar-refractivity contribution in [2.24, 2.45) is 0 Å². The third-order valence-electron chi connectivity index (χ3n) is 1.70. The van der Waals surface area contributed by atoms with Crippen molar-refractivity contribution in [3.8, 4) is 11.5 Å². The van der Waals surface area contributed by atoms with Crippen LogP contribution >= 0.6 is 15.9 Å². The zero-order valence-corrected chi connectivity index (χ0v) is 8.68. The molecule has 66 valence electrons. The number of halogens is 1. The van der Waals surface area contributed by atoms with Gasteiger partial charge in [-0.15, -0.1) is 0 Å². The minimum absolute atomic E-state index is 0.184. The van der Waals surface area contributed by atoms with Crippen molar-refractivity contribution in [1.82, 2.24) is 0 Å². The molecule has 2 nitrogen and oxygen atoms in total. The molecule has 0 aliphatic rings. The predicted octanol–water partition coefficient (Wildman–Crippen LogP) is 2.73. The van der Waals surface area contributed by atoms with Gasteiger partial charge in [0, 0.05) is 4.47 Å². The first kappa shape index (κ1) is 9.39. The molecule has 0 aliphatic carbocycles. The van der Waals surface area contributed by atoms with Crippen LogP contribution < -0.4 is 4.74 Å². The molecule has 1 aromatic carbocycles. The van der Waals surface area contributed by atoms with Gasteiger partial charge in [0.1, 0.15) is 0 Å². The fourth-order valence-corrected chi connectivity index (χ4v) is 1.63. The Labute approximate surface area is 80.3 Å². The van der Waals surface area contributed by atoms with Crippen LogP contribution in [-0.2, 0) is 6.42 Å². The maximum absolute atomic E-state index is 9.45. The Bertz CT molecular complexity index is 284. The second-order valence-corrected chi connectivity index (χ2v) is 3.39. The molecule has 0 spiro atoms. The lowest BCUT2D eigenvalue weighted by Crippen LogP contribution is -1.90. The van der Waals surface area contributed by atoms with E-state index in [9.17, 15) is 5.11 Å². The van der Waals surface area contributed by atoms with E-state index in [1.165, 1.54) is 0 Å². The summed E-state index contributed by atoms with van der Waals surface area (Å²) in [6.45, 7) is 2.02. The molecule has 0 amide bonds. The number of rotatable bonds is 2. The summed E-state index contributed by atoms with van der Waals surface area (Å²) in [5, 5.41) is 9.45. The first-order valence-electron chi connectivity index (χ1n) is 3.74. The van der Waals surface area contributed by atoms with Gasteiger partial charge in [0.2, 0.25) is 0 Å². The van der Waals surface area contributed by atoms with E-state index in [0.717, 1.165) is 16.5 Å². The summed E-state index contributed by atoms with van der Waals surface area (Å²) in [7, 11) is 1.56. The molecular formula is C9H11BrO2. The SMILES string of the molecule is CCc1cc(Br)cc(O)c1OC. The number of phenols is 1. The summed E-state index contributed by atoms with van der Waals surface area (Å²) >= 11 is 3.30. The van der Waals surface area contributed by atoms with Crippen LogP contribution in [0.15, 0.2) is 16.6 Å². The van der Waals surface area contributed by atoms with Crippen molar-refractivity contribution in [2.75, 3.05) is 7.11 Å². The summed E-state index contributed by atoms with van der Waals surface area (Å²) in [6, 6.07) is 3.57. The summed E-state index contributed by atoms with van der Waals surface area (Å²) < 4.78 is 5.92. The van der Waals surface area contributed by atoms with Crippen LogP contribution in [0.1, 0.15) is 12.5 Å². The average molecular weight is 231 g/mol. The van der Waals surface area contributed by atoms with Gasteiger partial charge in [0.05, 0.1) is 7.11 Å². The highest BCUT2D eigenvalue weighted by Gasteiger charge is 2.07. The Hall–Kier alpha value is -0.700. The monoisotopic (exact) mass is 230 g/mol. The highest BCUT2D eigenvalue weighted by atomic mass is 79.9. The van der Waals surface area contributed by atoms with Crippen LogP contribution in [0.25, 0.3) is 0 Å². The first-order valence-corrected chi connectivity index (χ1v) is 4.53. The minimum atomic E-state index is 0.184. The molecule has 0 heterocycles. The number of hydrogen-bond donors (Lipinski definition) is 1.